The van der Waals surface area contributed by atoms with Gasteiger partial charge in [-0.3, -0.25) is 4.79 Å². The van der Waals surface area contributed by atoms with E-state index < -0.39 is 6.04 Å². The first kappa shape index (κ1) is 17.8. The second-order valence-electron chi connectivity index (χ2n) is 5.02. The number of halogens is 1. The number of hydrogen-bond acceptors (Lipinski definition) is 3. The zero-order valence-electron chi connectivity index (χ0n) is 12.7. The Kier molecular flexibility index (Phi) is 6.98. The van der Waals surface area contributed by atoms with Crippen LogP contribution in [0, 0.1) is 0 Å². The molecule has 3 N–H and O–H groups in total. The summed E-state index contributed by atoms with van der Waals surface area (Å²) in [5.41, 5.74) is 0. The van der Waals surface area contributed by atoms with Gasteiger partial charge in [0.2, 0.25) is 5.91 Å². The van der Waals surface area contributed by atoms with Gasteiger partial charge in [0.25, 0.3) is 0 Å². The molecular weight excluding hydrogens is 310 g/mol. The largest absolute Gasteiger partial charge is 0.352 e. The molecule has 0 aromatic carbocycles. The fraction of sp³-hybridized carbons (Fsp3) is 0.571. The molecule has 1 rings (SSSR count). The lowest BCUT2D eigenvalue weighted by atomic mass is 10.2. The Morgan fingerprint density at radius 3 is 2.38 bits per heavy atom. The molecular formula is C14H22ClN3O2S. The van der Waals surface area contributed by atoms with Crippen molar-refractivity contribution in [3.8, 4) is 0 Å². The predicted octanol–water partition coefficient (Wildman–Crippen LogP) is 3.06. The van der Waals surface area contributed by atoms with E-state index in [0.29, 0.717) is 4.34 Å². The van der Waals surface area contributed by atoms with Crippen LogP contribution in [0.4, 0.5) is 4.79 Å². The predicted molar refractivity (Wildman–Crippen MR) is 86.8 cm³/mol. The highest BCUT2D eigenvalue weighted by molar-refractivity contribution is 7.16. The fourth-order valence-electron chi connectivity index (χ4n) is 1.60. The van der Waals surface area contributed by atoms with Crippen molar-refractivity contribution in [3.05, 3.63) is 21.3 Å². The third kappa shape index (κ3) is 5.93. The van der Waals surface area contributed by atoms with Gasteiger partial charge in [-0.1, -0.05) is 18.5 Å². The fourth-order valence-corrected chi connectivity index (χ4v) is 2.67. The van der Waals surface area contributed by atoms with Crippen molar-refractivity contribution >= 4 is 34.9 Å². The number of carbonyl (C=O) groups excluding carboxylic acids is 2. The third-order valence-electron chi connectivity index (χ3n) is 3.11. The van der Waals surface area contributed by atoms with Crippen molar-refractivity contribution in [1.82, 2.24) is 16.0 Å². The molecule has 7 heteroatoms. The van der Waals surface area contributed by atoms with E-state index in [9.17, 15) is 9.59 Å². The van der Waals surface area contributed by atoms with E-state index in [1.807, 2.05) is 26.8 Å². The molecule has 0 fully saturated rings. The molecule has 0 saturated heterocycles. The molecule has 1 aromatic heterocycles. The summed E-state index contributed by atoms with van der Waals surface area (Å²) in [7, 11) is 0. The monoisotopic (exact) mass is 331 g/mol. The Labute approximate surface area is 134 Å². The van der Waals surface area contributed by atoms with Gasteiger partial charge in [-0.05, 0) is 39.3 Å². The maximum atomic E-state index is 11.9. The average Bonchev–Trinajstić information content (AvgIpc) is 2.84. The molecule has 3 amide bonds. The summed E-state index contributed by atoms with van der Waals surface area (Å²) in [6.45, 7) is 7.44. The summed E-state index contributed by atoms with van der Waals surface area (Å²) < 4.78 is 0.681. The van der Waals surface area contributed by atoms with Gasteiger partial charge < -0.3 is 16.0 Å². The Hall–Kier alpha value is -1.27. The number of rotatable bonds is 6. The minimum Gasteiger partial charge on any atom is -0.352 e. The molecule has 1 heterocycles. The van der Waals surface area contributed by atoms with Crippen molar-refractivity contribution < 1.29 is 9.59 Å². The van der Waals surface area contributed by atoms with Crippen LogP contribution in [0.25, 0.3) is 0 Å². The van der Waals surface area contributed by atoms with E-state index in [0.717, 1.165) is 11.3 Å². The second kappa shape index (κ2) is 8.24. The number of amides is 3. The summed E-state index contributed by atoms with van der Waals surface area (Å²) in [5, 5.41) is 8.24. The van der Waals surface area contributed by atoms with Crippen LogP contribution in [-0.4, -0.2) is 24.0 Å². The maximum absolute atomic E-state index is 11.9. The van der Waals surface area contributed by atoms with Crippen LogP contribution >= 0.6 is 22.9 Å². The average molecular weight is 332 g/mol. The Bertz CT molecular complexity index is 492. The molecule has 5 nitrogen and oxygen atoms in total. The first-order valence-corrected chi connectivity index (χ1v) is 8.15. The molecule has 0 radical (unpaired) electrons. The summed E-state index contributed by atoms with van der Waals surface area (Å²) in [6.07, 6.45) is 0.848. The van der Waals surface area contributed by atoms with E-state index in [-0.39, 0.29) is 24.0 Å². The van der Waals surface area contributed by atoms with Crippen molar-refractivity contribution in [1.29, 1.82) is 0 Å². The summed E-state index contributed by atoms with van der Waals surface area (Å²) in [4.78, 5) is 24.7. The van der Waals surface area contributed by atoms with E-state index >= 15 is 0 Å². The van der Waals surface area contributed by atoms with Gasteiger partial charge in [-0.2, -0.15) is 0 Å². The number of nitrogens with one attached hydrogen (secondary N) is 3. The molecule has 0 saturated carbocycles. The lowest BCUT2D eigenvalue weighted by Gasteiger charge is -2.19. The van der Waals surface area contributed by atoms with Gasteiger partial charge in [0, 0.05) is 10.9 Å². The van der Waals surface area contributed by atoms with Crippen LogP contribution in [0.15, 0.2) is 12.1 Å². The molecule has 21 heavy (non-hydrogen) atoms. The van der Waals surface area contributed by atoms with E-state index in [4.69, 9.17) is 11.6 Å². The third-order valence-corrected chi connectivity index (χ3v) is 4.52. The summed E-state index contributed by atoms with van der Waals surface area (Å²) in [6, 6.07) is 2.64. The Morgan fingerprint density at radius 2 is 1.86 bits per heavy atom. The van der Waals surface area contributed by atoms with Gasteiger partial charge in [0.05, 0.1) is 10.4 Å². The minimum absolute atomic E-state index is 0.0944. The van der Waals surface area contributed by atoms with Gasteiger partial charge in [-0.15, -0.1) is 11.3 Å². The second-order valence-corrected chi connectivity index (χ2v) is 6.77. The zero-order chi connectivity index (χ0) is 16.0. The molecule has 0 aliphatic heterocycles. The molecule has 3 unspecified atom stereocenters. The molecule has 3 atom stereocenters. The first-order valence-electron chi connectivity index (χ1n) is 6.96. The number of hydrogen-bond donors (Lipinski definition) is 3. The van der Waals surface area contributed by atoms with Crippen molar-refractivity contribution in [2.45, 2.75) is 52.2 Å². The quantitative estimate of drug-likeness (QED) is 0.749. The van der Waals surface area contributed by atoms with Crippen molar-refractivity contribution in [2.75, 3.05) is 0 Å². The first-order chi connectivity index (χ1) is 9.83. The molecule has 1 aromatic rings. The lowest BCUT2D eigenvalue weighted by molar-refractivity contribution is -0.123. The van der Waals surface area contributed by atoms with Gasteiger partial charge >= 0.3 is 6.03 Å². The summed E-state index contributed by atoms with van der Waals surface area (Å²) >= 11 is 7.28. The Balaban J connectivity index is 2.44. The standard InChI is InChI=1S/C14H22ClN3O2S/c1-5-8(2)16-13(19)10(4)18-14(20)17-9(3)11-6-7-12(15)21-11/h6-10H,5H2,1-4H3,(H,16,19)(H2,17,18,20). The number of urea groups is 1. The van der Waals surface area contributed by atoms with E-state index in [1.165, 1.54) is 11.3 Å². The molecule has 0 aliphatic rings. The number of carbonyl (C=O) groups is 2. The molecule has 0 aliphatic carbocycles. The summed E-state index contributed by atoms with van der Waals surface area (Å²) in [5.74, 6) is -0.189. The highest BCUT2D eigenvalue weighted by atomic mass is 35.5. The van der Waals surface area contributed by atoms with E-state index in [1.54, 1.807) is 13.0 Å². The Morgan fingerprint density at radius 1 is 1.19 bits per heavy atom. The normalized spacial score (nSPS) is 14.9. The number of thiophene rings is 1. The van der Waals surface area contributed by atoms with Crippen molar-refractivity contribution in [3.63, 3.8) is 0 Å². The minimum atomic E-state index is -0.585. The molecule has 0 bridgehead atoms. The van der Waals surface area contributed by atoms with Crippen LogP contribution in [0.3, 0.4) is 0 Å². The molecule has 118 valence electrons. The smallest absolute Gasteiger partial charge is 0.315 e. The van der Waals surface area contributed by atoms with Gasteiger partial charge in [0.1, 0.15) is 6.04 Å². The van der Waals surface area contributed by atoms with Crippen LogP contribution < -0.4 is 16.0 Å². The van der Waals surface area contributed by atoms with Crippen molar-refractivity contribution in [2.24, 2.45) is 0 Å². The highest BCUT2D eigenvalue weighted by Crippen LogP contribution is 2.26. The molecule has 0 spiro atoms. The maximum Gasteiger partial charge on any atom is 0.315 e. The zero-order valence-corrected chi connectivity index (χ0v) is 14.3. The topological polar surface area (TPSA) is 70.2 Å². The van der Waals surface area contributed by atoms with Gasteiger partial charge in [-0.25, -0.2) is 4.79 Å². The SMILES string of the molecule is CCC(C)NC(=O)C(C)NC(=O)NC(C)c1ccc(Cl)s1. The van der Waals surface area contributed by atoms with Crippen LogP contribution in [0.1, 0.15) is 45.0 Å². The van der Waals surface area contributed by atoms with Crippen LogP contribution in [0.2, 0.25) is 4.34 Å². The van der Waals surface area contributed by atoms with E-state index in [2.05, 4.69) is 16.0 Å². The van der Waals surface area contributed by atoms with Crippen LogP contribution in [0.5, 0.6) is 0 Å². The van der Waals surface area contributed by atoms with Gasteiger partial charge in [0.15, 0.2) is 0 Å². The van der Waals surface area contributed by atoms with Crippen LogP contribution in [-0.2, 0) is 4.79 Å². The highest BCUT2D eigenvalue weighted by Gasteiger charge is 2.18. The lowest BCUT2D eigenvalue weighted by Crippen LogP contribution is -2.50.